The van der Waals surface area contributed by atoms with Gasteiger partial charge in [-0.15, -0.1) is 0 Å². The summed E-state index contributed by atoms with van der Waals surface area (Å²) >= 11 is 0. The van der Waals surface area contributed by atoms with Gasteiger partial charge in [-0.3, -0.25) is 14.9 Å². The summed E-state index contributed by atoms with van der Waals surface area (Å²) in [6, 6.07) is -0.0418. The number of hydrogen-bond donors (Lipinski definition) is 3. The standard InChI is InChI=1S/C11H11F2N3O5/c12-6-4-7(13)9(16(20)21)5-8(6)15-11(19)14-3-1-2-10(17)18/h4-5H,1-3H2,(H,17,18)(H2,14,15,19). The van der Waals surface area contributed by atoms with Crippen molar-refractivity contribution in [1.29, 1.82) is 0 Å². The maximum atomic E-state index is 13.4. The number of amides is 2. The topological polar surface area (TPSA) is 122 Å². The lowest BCUT2D eigenvalue weighted by Crippen LogP contribution is -2.30. The Morgan fingerprint density at radius 3 is 2.52 bits per heavy atom. The monoisotopic (exact) mass is 303 g/mol. The first kappa shape index (κ1) is 16.3. The first-order valence-corrected chi connectivity index (χ1v) is 5.71. The SMILES string of the molecule is O=C(O)CCCNC(=O)Nc1cc([N+](=O)[O-])c(F)cc1F. The fourth-order valence-corrected chi connectivity index (χ4v) is 1.38. The maximum Gasteiger partial charge on any atom is 0.319 e. The number of hydrogen-bond acceptors (Lipinski definition) is 4. The molecule has 0 aliphatic rings. The average Bonchev–Trinajstić information content (AvgIpc) is 2.37. The summed E-state index contributed by atoms with van der Waals surface area (Å²) < 4.78 is 26.4. The molecule has 1 aromatic carbocycles. The summed E-state index contributed by atoms with van der Waals surface area (Å²) in [5.74, 6) is -3.55. The molecule has 3 N–H and O–H groups in total. The fourth-order valence-electron chi connectivity index (χ4n) is 1.38. The zero-order chi connectivity index (χ0) is 16.0. The summed E-state index contributed by atoms with van der Waals surface area (Å²) in [6.07, 6.45) is 0.00542. The van der Waals surface area contributed by atoms with E-state index in [4.69, 9.17) is 5.11 Å². The molecule has 114 valence electrons. The second-order valence-corrected chi connectivity index (χ2v) is 3.92. The maximum absolute atomic E-state index is 13.4. The largest absolute Gasteiger partial charge is 0.481 e. The third-order valence-corrected chi connectivity index (χ3v) is 2.33. The fraction of sp³-hybridized carbons (Fsp3) is 0.273. The number of carboxylic acid groups (broad SMARTS) is 1. The van der Waals surface area contributed by atoms with E-state index in [2.05, 4.69) is 5.32 Å². The van der Waals surface area contributed by atoms with Crippen LogP contribution in [0.4, 0.5) is 25.0 Å². The van der Waals surface area contributed by atoms with E-state index in [-0.39, 0.29) is 25.5 Å². The van der Waals surface area contributed by atoms with Gasteiger partial charge in [-0.05, 0) is 6.42 Å². The highest BCUT2D eigenvalue weighted by atomic mass is 19.1. The molecule has 0 bridgehead atoms. The molecule has 2 amide bonds. The molecule has 0 spiro atoms. The number of nitro benzene ring substituents is 1. The Kier molecular flexibility index (Phi) is 5.52. The van der Waals surface area contributed by atoms with Crippen molar-refractivity contribution in [1.82, 2.24) is 5.32 Å². The van der Waals surface area contributed by atoms with Crippen molar-refractivity contribution in [3.63, 3.8) is 0 Å². The number of aliphatic carboxylic acids is 1. The first-order chi connectivity index (χ1) is 9.81. The minimum Gasteiger partial charge on any atom is -0.481 e. The van der Waals surface area contributed by atoms with Crippen LogP contribution in [0.15, 0.2) is 12.1 Å². The van der Waals surface area contributed by atoms with Gasteiger partial charge in [-0.1, -0.05) is 0 Å². The van der Waals surface area contributed by atoms with E-state index in [0.29, 0.717) is 6.07 Å². The van der Waals surface area contributed by atoms with Gasteiger partial charge in [0.1, 0.15) is 5.82 Å². The van der Waals surface area contributed by atoms with Crippen LogP contribution in [-0.2, 0) is 4.79 Å². The van der Waals surface area contributed by atoms with Crippen LogP contribution in [0.3, 0.4) is 0 Å². The Bertz CT molecular complexity index is 579. The van der Waals surface area contributed by atoms with Crippen LogP contribution in [0.25, 0.3) is 0 Å². The van der Waals surface area contributed by atoms with E-state index in [1.807, 2.05) is 5.32 Å². The van der Waals surface area contributed by atoms with Gasteiger partial charge in [0, 0.05) is 25.1 Å². The number of carbonyl (C=O) groups excluding carboxylic acids is 1. The van der Waals surface area contributed by atoms with Crippen LogP contribution >= 0.6 is 0 Å². The van der Waals surface area contributed by atoms with E-state index in [9.17, 15) is 28.5 Å². The molecule has 1 aromatic rings. The molecule has 0 aromatic heterocycles. The van der Waals surface area contributed by atoms with Crippen molar-refractivity contribution in [3.8, 4) is 0 Å². The second kappa shape index (κ2) is 7.12. The normalized spacial score (nSPS) is 10.0. The number of carbonyl (C=O) groups is 2. The molecule has 0 aliphatic carbocycles. The molecule has 0 saturated heterocycles. The van der Waals surface area contributed by atoms with Crippen molar-refractivity contribution in [2.75, 3.05) is 11.9 Å². The molecular weight excluding hydrogens is 292 g/mol. The van der Waals surface area contributed by atoms with Crippen molar-refractivity contribution < 1.29 is 28.4 Å². The quantitative estimate of drug-likeness (QED) is 0.420. The van der Waals surface area contributed by atoms with Gasteiger partial charge in [-0.25, -0.2) is 9.18 Å². The summed E-state index contributed by atoms with van der Waals surface area (Å²) in [5, 5.41) is 23.1. The molecule has 0 unspecified atom stereocenters. The summed E-state index contributed by atoms with van der Waals surface area (Å²) in [7, 11) is 0. The number of carboxylic acids is 1. The Hall–Kier alpha value is -2.78. The summed E-state index contributed by atoms with van der Waals surface area (Å²) in [4.78, 5) is 31.1. The highest BCUT2D eigenvalue weighted by Crippen LogP contribution is 2.24. The molecule has 0 fully saturated rings. The number of benzene rings is 1. The minimum absolute atomic E-state index is 0.0169. The van der Waals surface area contributed by atoms with Crippen LogP contribution in [0, 0.1) is 21.7 Å². The van der Waals surface area contributed by atoms with Gasteiger partial charge in [0.2, 0.25) is 5.82 Å². The van der Waals surface area contributed by atoms with E-state index in [0.717, 1.165) is 0 Å². The highest BCUT2D eigenvalue weighted by Gasteiger charge is 2.19. The van der Waals surface area contributed by atoms with Crippen LogP contribution in [0.1, 0.15) is 12.8 Å². The molecule has 0 aliphatic heterocycles. The molecule has 10 heteroatoms. The Morgan fingerprint density at radius 2 is 1.95 bits per heavy atom. The molecule has 1 rings (SSSR count). The van der Waals surface area contributed by atoms with Gasteiger partial charge >= 0.3 is 17.7 Å². The molecule has 8 nitrogen and oxygen atoms in total. The zero-order valence-electron chi connectivity index (χ0n) is 10.6. The number of nitrogens with one attached hydrogen (secondary N) is 2. The van der Waals surface area contributed by atoms with Crippen molar-refractivity contribution in [2.24, 2.45) is 0 Å². The van der Waals surface area contributed by atoms with Gasteiger partial charge in [0.05, 0.1) is 10.6 Å². The molecule has 0 radical (unpaired) electrons. The van der Waals surface area contributed by atoms with Gasteiger partial charge in [0.25, 0.3) is 0 Å². The predicted octanol–water partition coefficient (Wildman–Crippen LogP) is 1.86. The lowest BCUT2D eigenvalue weighted by Gasteiger charge is -2.08. The number of nitrogens with zero attached hydrogens (tertiary/aromatic N) is 1. The molecule has 0 heterocycles. The number of urea groups is 1. The van der Waals surface area contributed by atoms with Gasteiger partial charge < -0.3 is 15.7 Å². The van der Waals surface area contributed by atoms with Crippen molar-refractivity contribution >= 4 is 23.4 Å². The lowest BCUT2D eigenvalue weighted by atomic mass is 10.2. The van der Waals surface area contributed by atoms with Gasteiger partial charge in [0.15, 0.2) is 0 Å². The first-order valence-electron chi connectivity index (χ1n) is 5.71. The van der Waals surface area contributed by atoms with Crippen LogP contribution in [0.2, 0.25) is 0 Å². The van der Waals surface area contributed by atoms with E-state index in [1.54, 1.807) is 0 Å². The molecule has 0 saturated carbocycles. The highest BCUT2D eigenvalue weighted by molar-refractivity contribution is 5.89. The summed E-state index contributed by atoms with van der Waals surface area (Å²) in [6.45, 7) is 0.0169. The van der Waals surface area contributed by atoms with Crippen molar-refractivity contribution in [3.05, 3.63) is 33.9 Å². The number of halogens is 2. The lowest BCUT2D eigenvalue weighted by molar-refractivity contribution is -0.387. The van der Waals surface area contributed by atoms with Gasteiger partial charge in [-0.2, -0.15) is 4.39 Å². The van der Waals surface area contributed by atoms with E-state index in [1.165, 1.54) is 0 Å². The number of rotatable bonds is 6. The predicted molar refractivity (Wildman–Crippen MR) is 66.9 cm³/mol. The third-order valence-electron chi connectivity index (χ3n) is 2.33. The molecule has 0 atom stereocenters. The van der Waals surface area contributed by atoms with E-state index < -0.39 is 39.9 Å². The van der Waals surface area contributed by atoms with E-state index >= 15 is 0 Å². The average molecular weight is 303 g/mol. The van der Waals surface area contributed by atoms with Crippen molar-refractivity contribution in [2.45, 2.75) is 12.8 Å². The number of nitro groups is 1. The van der Waals surface area contributed by atoms with Crippen LogP contribution in [0.5, 0.6) is 0 Å². The minimum atomic E-state index is -1.36. The summed E-state index contributed by atoms with van der Waals surface area (Å²) in [5.41, 5.74) is -1.53. The zero-order valence-corrected chi connectivity index (χ0v) is 10.6. The Labute approximate surface area is 116 Å². The molecule has 21 heavy (non-hydrogen) atoms. The third kappa shape index (κ3) is 5.01. The number of anilines is 1. The van der Waals surface area contributed by atoms with Crippen LogP contribution < -0.4 is 10.6 Å². The molecular formula is C11H11F2N3O5. The smallest absolute Gasteiger partial charge is 0.319 e. The Morgan fingerprint density at radius 1 is 1.29 bits per heavy atom. The Balaban J connectivity index is 2.65. The van der Waals surface area contributed by atoms with Crippen LogP contribution in [-0.4, -0.2) is 28.6 Å². The second-order valence-electron chi connectivity index (χ2n) is 3.92.